The van der Waals surface area contributed by atoms with Gasteiger partial charge in [-0.15, -0.1) is 24.0 Å². The number of aliphatic imine (C=N–C) groups is 1. The molecule has 0 fully saturated rings. The van der Waals surface area contributed by atoms with Crippen molar-refractivity contribution in [2.24, 2.45) is 12.0 Å². The second-order valence-corrected chi connectivity index (χ2v) is 4.78. The smallest absolute Gasteiger partial charge is 0.243 e. The van der Waals surface area contributed by atoms with Crippen LogP contribution in [0.15, 0.2) is 41.5 Å². The van der Waals surface area contributed by atoms with Crippen molar-refractivity contribution in [1.82, 2.24) is 20.4 Å². The third-order valence-electron chi connectivity index (χ3n) is 3.13. The topological polar surface area (TPSA) is 83.3 Å². The number of nitrogens with zero attached hydrogens (tertiary/aromatic N) is 3. The quantitative estimate of drug-likeness (QED) is 0.369. The molecule has 24 heavy (non-hydrogen) atoms. The van der Waals surface area contributed by atoms with Crippen LogP contribution in [0.5, 0.6) is 0 Å². The minimum atomic E-state index is -0.346. The lowest BCUT2D eigenvalue weighted by atomic mass is 10.3. The first-order valence-corrected chi connectivity index (χ1v) is 7.05. The van der Waals surface area contributed by atoms with Gasteiger partial charge in [0.05, 0.1) is 18.8 Å². The number of hydrogen-bond donors (Lipinski definition) is 3. The number of carbonyl (C=O) groups excluding carboxylic acids is 1. The van der Waals surface area contributed by atoms with Gasteiger partial charge in [-0.05, 0) is 30.3 Å². The number of aromatic nitrogens is 2. The average Bonchev–Trinajstić information content (AvgIpc) is 2.95. The summed E-state index contributed by atoms with van der Waals surface area (Å²) in [7, 11) is 3.47. The summed E-state index contributed by atoms with van der Waals surface area (Å²) in [5.41, 5.74) is 1.53. The summed E-state index contributed by atoms with van der Waals surface area (Å²) in [5.74, 6) is -0.0959. The van der Waals surface area contributed by atoms with E-state index < -0.39 is 0 Å². The van der Waals surface area contributed by atoms with Gasteiger partial charge >= 0.3 is 0 Å². The fourth-order valence-electron chi connectivity index (χ4n) is 1.87. The highest BCUT2D eigenvalue weighted by Crippen LogP contribution is 2.07. The number of carbonyl (C=O) groups is 1. The van der Waals surface area contributed by atoms with E-state index in [4.69, 9.17) is 0 Å². The Labute approximate surface area is 156 Å². The lowest BCUT2D eigenvalue weighted by Gasteiger charge is -2.12. The SMILES string of the molecule is CN=C(NCC(=O)Nc1ccc(F)cc1)NCc1ccnn1C.I. The van der Waals surface area contributed by atoms with Crippen LogP contribution >= 0.6 is 24.0 Å². The van der Waals surface area contributed by atoms with Crippen LogP contribution in [0.1, 0.15) is 5.69 Å². The van der Waals surface area contributed by atoms with Crippen LogP contribution in [0, 0.1) is 5.82 Å². The van der Waals surface area contributed by atoms with Gasteiger partial charge in [-0.1, -0.05) is 0 Å². The largest absolute Gasteiger partial charge is 0.351 e. The fraction of sp³-hybridized carbons (Fsp3) is 0.267. The standard InChI is InChI=1S/C15H19FN6O.HI/c1-17-15(18-9-13-7-8-20-22(13)2)19-10-14(23)21-12-5-3-11(16)4-6-12;/h3-8H,9-10H2,1-2H3,(H,21,23)(H2,17,18,19);1H. The summed E-state index contributed by atoms with van der Waals surface area (Å²) in [6, 6.07) is 7.47. The first kappa shape index (κ1) is 19.9. The molecule has 9 heteroatoms. The Hall–Kier alpha value is -2.17. The number of anilines is 1. The zero-order chi connectivity index (χ0) is 16.7. The molecular weight excluding hydrogens is 426 g/mol. The molecule has 1 amide bonds. The molecule has 1 heterocycles. The van der Waals surface area contributed by atoms with E-state index >= 15 is 0 Å². The lowest BCUT2D eigenvalue weighted by molar-refractivity contribution is -0.115. The maximum Gasteiger partial charge on any atom is 0.243 e. The highest BCUT2D eigenvalue weighted by molar-refractivity contribution is 14.0. The zero-order valence-electron chi connectivity index (χ0n) is 13.4. The first-order valence-electron chi connectivity index (χ1n) is 7.05. The third-order valence-corrected chi connectivity index (χ3v) is 3.13. The van der Waals surface area contributed by atoms with E-state index in [1.807, 2.05) is 13.1 Å². The fourth-order valence-corrected chi connectivity index (χ4v) is 1.87. The second kappa shape index (κ2) is 9.85. The highest BCUT2D eigenvalue weighted by Gasteiger charge is 2.05. The van der Waals surface area contributed by atoms with Gasteiger partial charge in [-0.2, -0.15) is 5.10 Å². The molecule has 0 aliphatic carbocycles. The summed E-state index contributed by atoms with van der Waals surface area (Å²) >= 11 is 0. The zero-order valence-corrected chi connectivity index (χ0v) is 15.7. The molecule has 2 rings (SSSR count). The van der Waals surface area contributed by atoms with Crippen LogP contribution in [0.3, 0.4) is 0 Å². The third kappa shape index (κ3) is 6.14. The molecule has 0 aliphatic rings. The second-order valence-electron chi connectivity index (χ2n) is 4.78. The summed E-state index contributed by atoms with van der Waals surface area (Å²) in [6.45, 7) is 0.582. The number of hydrogen-bond acceptors (Lipinski definition) is 3. The Balaban J connectivity index is 0.00000288. The van der Waals surface area contributed by atoms with Crippen LogP contribution in [-0.2, 0) is 18.4 Å². The van der Waals surface area contributed by atoms with E-state index in [-0.39, 0.29) is 42.2 Å². The molecule has 7 nitrogen and oxygen atoms in total. The summed E-state index contributed by atoms with van der Waals surface area (Å²) < 4.78 is 14.5. The Morgan fingerprint density at radius 1 is 1.25 bits per heavy atom. The van der Waals surface area contributed by atoms with Gasteiger partial charge in [0.15, 0.2) is 5.96 Å². The van der Waals surface area contributed by atoms with E-state index in [2.05, 4.69) is 26.0 Å². The Kier molecular flexibility index (Phi) is 8.16. The molecule has 2 aromatic rings. The molecule has 130 valence electrons. The summed E-state index contributed by atoms with van der Waals surface area (Å²) in [6.07, 6.45) is 1.71. The van der Waals surface area contributed by atoms with Gasteiger partial charge in [-0.25, -0.2) is 4.39 Å². The molecule has 0 unspecified atom stereocenters. The van der Waals surface area contributed by atoms with Crippen LogP contribution in [0.4, 0.5) is 10.1 Å². The van der Waals surface area contributed by atoms with Crippen LogP contribution < -0.4 is 16.0 Å². The highest BCUT2D eigenvalue weighted by atomic mass is 127. The van der Waals surface area contributed by atoms with Gasteiger partial charge in [0.2, 0.25) is 5.91 Å². The molecule has 0 spiro atoms. The van der Waals surface area contributed by atoms with Crippen molar-refractivity contribution in [3.63, 3.8) is 0 Å². The van der Waals surface area contributed by atoms with Gasteiger partial charge in [0.1, 0.15) is 5.82 Å². The number of amides is 1. The van der Waals surface area contributed by atoms with Crippen molar-refractivity contribution >= 4 is 41.5 Å². The van der Waals surface area contributed by atoms with Crippen LogP contribution in [0.25, 0.3) is 0 Å². The maximum atomic E-state index is 12.8. The number of guanidine groups is 1. The molecule has 0 bridgehead atoms. The Morgan fingerprint density at radius 2 is 1.96 bits per heavy atom. The molecule has 3 N–H and O–H groups in total. The monoisotopic (exact) mass is 446 g/mol. The van der Waals surface area contributed by atoms with E-state index in [0.29, 0.717) is 18.2 Å². The summed E-state index contributed by atoms with van der Waals surface area (Å²) in [5, 5.41) is 12.7. The molecule has 1 aromatic carbocycles. The predicted octanol–water partition coefficient (Wildman–Crippen LogP) is 1.48. The Morgan fingerprint density at radius 3 is 2.54 bits per heavy atom. The van der Waals surface area contributed by atoms with Gasteiger partial charge in [0, 0.05) is 26.0 Å². The molecule has 0 saturated heterocycles. The van der Waals surface area contributed by atoms with Crippen molar-refractivity contribution in [3.8, 4) is 0 Å². The maximum absolute atomic E-state index is 12.8. The number of aryl methyl sites for hydroxylation is 1. The number of benzene rings is 1. The van der Waals surface area contributed by atoms with E-state index in [9.17, 15) is 9.18 Å². The predicted molar refractivity (Wildman–Crippen MR) is 102 cm³/mol. The van der Waals surface area contributed by atoms with E-state index in [0.717, 1.165) is 5.69 Å². The summed E-state index contributed by atoms with van der Waals surface area (Å²) in [4.78, 5) is 15.9. The van der Waals surface area contributed by atoms with Crippen molar-refractivity contribution in [1.29, 1.82) is 0 Å². The van der Waals surface area contributed by atoms with E-state index in [1.165, 1.54) is 24.3 Å². The normalized spacial score (nSPS) is 10.7. The van der Waals surface area contributed by atoms with Crippen molar-refractivity contribution < 1.29 is 9.18 Å². The van der Waals surface area contributed by atoms with Crippen LogP contribution in [-0.4, -0.2) is 35.2 Å². The van der Waals surface area contributed by atoms with Gasteiger partial charge < -0.3 is 16.0 Å². The van der Waals surface area contributed by atoms with E-state index in [1.54, 1.807) is 17.9 Å². The number of halogens is 2. The molecule has 0 radical (unpaired) electrons. The lowest BCUT2D eigenvalue weighted by Crippen LogP contribution is -2.41. The molecule has 0 atom stereocenters. The molecule has 1 aromatic heterocycles. The number of nitrogens with one attached hydrogen (secondary N) is 3. The van der Waals surface area contributed by atoms with Crippen LogP contribution in [0.2, 0.25) is 0 Å². The van der Waals surface area contributed by atoms with Gasteiger partial charge in [-0.3, -0.25) is 14.5 Å². The minimum absolute atomic E-state index is 0. The van der Waals surface area contributed by atoms with Crippen molar-refractivity contribution in [3.05, 3.63) is 48.0 Å². The van der Waals surface area contributed by atoms with Gasteiger partial charge in [0.25, 0.3) is 0 Å². The van der Waals surface area contributed by atoms with Crippen molar-refractivity contribution in [2.75, 3.05) is 18.9 Å². The van der Waals surface area contributed by atoms with Crippen molar-refractivity contribution in [2.45, 2.75) is 6.54 Å². The minimum Gasteiger partial charge on any atom is -0.351 e. The number of rotatable bonds is 5. The first-order chi connectivity index (χ1) is 11.1. The molecule has 0 saturated carbocycles. The Bertz CT molecular complexity index is 686. The molecular formula is C15H20FIN6O. The average molecular weight is 446 g/mol. The molecule has 0 aliphatic heterocycles.